The molecule has 1 unspecified atom stereocenters. The van der Waals surface area contributed by atoms with Crippen LogP contribution in [-0.4, -0.2) is 6.04 Å². The van der Waals surface area contributed by atoms with Crippen molar-refractivity contribution in [3.05, 3.63) is 51.6 Å². The van der Waals surface area contributed by atoms with E-state index in [4.69, 9.17) is 16.0 Å². The summed E-state index contributed by atoms with van der Waals surface area (Å²) in [5.74, 6) is 0.528. The topological polar surface area (TPSA) is 25.2 Å². The molecule has 0 bridgehead atoms. The molecule has 0 spiro atoms. The summed E-state index contributed by atoms with van der Waals surface area (Å²) >= 11 is 9.30. The highest BCUT2D eigenvalue weighted by atomic mass is 79.9. The van der Waals surface area contributed by atoms with Crippen LogP contribution in [0.2, 0.25) is 5.02 Å². The zero-order chi connectivity index (χ0) is 13.1. The number of nitrogens with one attached hydrogen (secondary N) is 1. The summed E-state index contributed by atoms with van der Waals surface area (Å²) in [5, 5.41) is 3.59. The first kappa shape index (κ1) is 13.4. The fraction of sp³-hybridized carbons (Fsp3) is 0.231. The van der Waals surface area contributed by atoms with Gasteiger partial charge >= 0.3 is 0 Å². The van der Waals surface area contributed by atoms with Crippen molar-refractivity contribution in [2.75, 3.05) is 5.32 Å². The number of anilines is 1. The minimum atomic E-state index is -0.365. The van der Waals surface area contributed by atoms with Crippen molar-refractivity contribution in [3.8, 4) is 0 Å². The van der Waals surface area contributed by atoms with Gasteiger partial charge in [-0.1, -0.05) is 11.6 Å². The maximum Gasteiger partial charge on any atom is 0.125 e. The van der Waals surface area contributed by atoms with Crippen molar-refractivity contribution < 1.29 is 8.81 Å². The third kappa shape index (κ3) is 3.27. The Morgan fingerprint density at radius 1 is 1.50 bits per heavy atom. The maximum absolute atomic E-state index is 13.1. The highest BCUT2D eigenvalue weighted by Gasteiger charge is 2.12. The summed E-state index contributed by atoms with van der Waals surface area (Å²) in [6.45, 7) is 2.01. The van der Waals surface area contributed by atoms with Crippen LogP contribution in [0.4, 0.5) is 10.1 Å². The van der Waals surface area contributed by atoms with Crippen molar-refractivity contribution in [2.45, 2.75) is 19.4 Å². The number of benzene rings is 1. The van der Waals surface area contributed by atoms with Crippen LogP contribution in [0.1, 0.15) is 12.7 Å². The highest BCUT2D eigenvalue weighted by Crippen LogP contribution is 2.32. The molecule has 1 heterocycles. The Hall–Kier alpha value is -1.000. The summed E-state index contributed by atoms with van der Waals surface area (Å²) in [6, 6.07) is 6.56. The van der Waals surface area contributed by atoms with Crippen LogP contribution < -0.4 is 5.32 Å². The van der Waals surface area contributed by atoms with Gasteiger partial charge in [-0.3, -0.25) is 0 Å². The molecule has 1 aromatic carbocycles. The second-order valence-electron chi connectivity index (χ2n) is 4.07. The smallest absolute Gasteiger partial charge is 0.125 e. The minimum Gasteiger partial charge on any atom is -0.469 e. The molecular formula is C13H12BrClFNO. The molecule has 0 saturated heterocycles. The van der Waals surface area contributed by atoms with E-state index in [1.807, 2.05) is 19.1 Å². The standard InChI is InChI=1S/C13H12BrClFNO/c1-8(5-10-3-2-4-18-10)17-13-11(14)6-9(16)7-12(13)15/h2-4,6-8,17H,5H2,1H3. The van der Waals surface area contributed by atoms with Crippen molar-refractivity contribution >= 4 is 33.2 Å². The van der Waals surface area contributed by atoms with Gasteiger partial charge in [0.05, 0.1) is 17.0 Å². The molecule has 5 heteroatoms. The second kappa shape index (κ2) is 5.76. The number of hydrogen-bond acceptors (Lipinski definition) is 2. The third-order valence-corrected chi connectivity index (χ3v) is 3.41. The molecule has 96 valence electrons. The molecule has 0 aliphatic rings. The van der Waals surface area contributed by atoms with E-state index in [9.17, 15) is 4.39 Å². The van der Waals surface area contributed by atoms with E-state index in [1.54, 1.807) is 6.26 Å². The van der Waals surface area contributed by atoms with E-state index in [0.717, 1.165) is 12.2 Å². The fourth-order valence-electron chi connectivity index (χ4n) is 1.71. The Labute approximate surface area is 118 Å². The predicted molar refractivity (Wildman–Crippen MR) is 74.6 cm³/mol. The number of rotatable bonds is 4. The average molecular weight is 333 g/mol. The molecule has 1 aromatic heterocycles. The van der Waals surface area contributed by atoms with Crippen LogP contribution >= 0.6 is 27.5 Å². The van der Waals surface area contributed by atoms with E-state index >= 15 is 0 Å². The molecule has 18 heavy (non-hydrogen) atoms. The van der Waals surface area contributed by atoms with E-state index in [0.29, 0.717) is 15.2 Å². The van der Waals surface area contributed by atoms with Crippen molar-refractivity contribution in [2.24, 2.45) is 0 Å². The van der Waals surface area contributed by atoms with E-state index < -0.39 is 0 Å². The van der Waals surface area contributed by atoms with Gasteiger partial charge in [-0.25, -0.2) is 4.39 Å². The van der Waals surface area contributed by atoms with Crippen molar-refractivity contribution in [1.29, 1.82) is 0 Å². The number of furan rings is 1. The second-order valence-corrected chi connectivity index (χ2v) is 5.33. The first-order valence-corrected chi connectivity index (χ1v) is 6.67. The largest absolute Gasteiger partial charge is 0.469 e. The SMILES string of the molecule is CC(Cc1ccco1)Nc1c(Cl)cc(F)cc1Br. The lowest BCUT2D eigenvalue weighted by Crippen LogP contribution is -2.18. The molecule has 0 fully saturated rings. The van der Waals surface area contributed by atoms with E-state index in [-0.39, 0.29) is 11.9 Å². The molecule has 0 aliphatic heterocycles. The molecule has 0 radical (unpaired) electrons. The molecule has 0 amide bonds. The van der Waals surface area contributed by atoms with Gasteiger partial charge in [0, 0.05) is 16.9 Å². The zero-order valence-electron chi connectivity index (χ0n) is 9.71. The highest BCUT2D eigenvalue weighted by molar-refractivity contribution is 9.10. The summed E-state index contributed by atoms with van der Waals surface area (Å²) in [4.78, 5) is 0. The van der Waals surface area contributed by atoms with E-state index in [2.05, 4.69) is 21.2 Å². The van der Waals surface area contributed by atoms with Crippen LogP contribution in [0.3, 0.4) is 0 Å². The number of halogens is 3. The van der Waals surface area contributed by atoms with Crippen LogP contribution in [0.5, 0.6) is 0 Å². The predicted octanol–water partition coefficient (Wildman–Crippen LogP) is 4.88. The molecular weight excluding hydrogens is 321 g/mol. The summed E-state index contributed by atoms with van der Waals surface area (Å²) in [7, 11) is 0. The van der Waals surface area contributed by atoms with Gasteiger partial charge in [0.15, 0.2) is 0 Å². The third-order valence-electron chi connectivity index (χ3n) is 2.49. The zero-order valence-corrected chi connectivity index (χ0v) is 12.1. The Balaban J connectivity index is 2.09. The molecule has 0 aliphatic carbocycles. The monoisotopic (exact) mass is 331 g/mol. The first-order chi connectivity index (χ1) is 8.56. The van der Waals surface area contributed by atoms with Gasteiger partial charge in [0.25, 0.3) is 0 Å². The van der Waals surface area contributed by atoms with Crippen molar-refractivity contribution in [3.63, 3.8) is 0 Å². The van der Waals surface area contributed by atoms with Crippen molar-refractivity contribution in [1.82, 2.24) is 0 Å². The molecule has 0 saturated carbocycles. The lowest BCUT2D eigenvalue weighted by molar-refractivity contribution is 0.497. The quantitative estimate of drug-likeness (QED) is 0.863. The number of hydrogen-bond donors (Lipinski definition) is 1. The Morgan fingerprint density at radius 2 is 2.28 bits per heavy atom. The van der Waals surface area contributed by atoms with Crippen LogP contribution in [-0.2, 0) is 6.42 Å². The molecule has 2 nitrogen and oxygen atoms in total. The van der Waals surface area contributed by atoms with Gasteiger partial charge in [0.1, 0.15) is 11.6 Å². The summed E-state index contributed by atoms with van der Waals surface area (Å²) in [5.41, 5.74) is 0.692. The molecule has 2 rings (SSSR count). The van der Waals surface area contributed by atoms with Gasteiger partial charge in [-0.2, -0.15) is 0 Å². The maximum atomic E-state index is 13.1. The molecule has 1 atom stereocenters. The average Bonchev–Trinajstić information content (AvgIpc) is 2.76. The lowest BCUT2D eigenvalue weighted by Gasteiger charge is -2.16. The fourth-order valence-corrected chi connectivity index (χ4v) is 2.63. The summed E-state index contributed by atoms with van der Waals surface area (Å²) < 4.78 is 19.0. The Morgan fingerprint density at radius 3 is 2.89 bits per heavy atom. The van der Waals surface area contributed by atoms with Crippen LogP contribution in [0.25, 0.3) is 0 Å². The van der Waals surface area contributed by atoms with Gasteiger partial charge in [-0.05, 0) is 47.1 Å². The van der Waals surface area contributed by atoms with Gasteiger partial charge in [0.2, 0.25) is 0 Å². The molecule has 2 aromatic rings. The van der Waals surface area contributed by atoms with E-state index in [1.165, 1.54) is 12.1 Å². The Bertz CT molecular complexity index is 507. The summed E-state index contributed by atoms with van der Waals surface area (Å²) in [6.07, 6.45) is 2.37. The lowest BCUT2D eigenvalue weighted by atomic mass is 10.2. The van der Waals surface area contributed by atoms with Gasteiger partial charge in [-0.15, -0.1) is 0 Å². The first-order valence-electron chi connectivity index (χ1n) is 5.49. The molecule has 1 N–H and O–H groups in total. The van der Waals surface area contributed by atoms with Gasteiger partial charge < -0.3 is 9.73 Å². The van der Waals surface area contributed by atoms with Crippen LogP contribution in [0.15, 0.2) is 39.4 Å². The normalized spacial score (nSPS) is 12.4. The minimum absolute atomic E-state index is 0.121. The Kier molecular flexibility index (Phi) is 4.30. The van der Waals surface area contributed by atoms with Crippen LogP contribution in [0, 0.1) is 5.82 Å².